The van der Waals surface area contributed by atoms with Crippen molar-refractivity contribution < 1.29 is 4.79 Å². The van der Waals surface area contributed by atoms with Gasteiger partial charge < -0.3 is 15.2 Å². The summed E-state index contributed by atoms with van der Waals surface area (Å²) < 4.78 is 3.89. The standard InChI is InChI=1S/C18H21N5O/c24-18(19-9-13-22-10-4-5-11-22)20-14-17-8-12-23(21-17)15-16-6-2-1-3-7-16/h1-8,10-12H,9,13-15H2,(H2,19,20,24). The molecule has 2 heterocycles. The Labute approximate surface area is 141 Å². The summed E-state index contributed by atoms with van der Waals surface area (Å²) in [5.41, 5.74) is 2.04. The zero-order chi connectivity index (χ0) is 16.6. The van der Waals surface area contributed by atoms with Gasteiger partial charge in [0.1, 0.15) is 0 Å². The highest BCUT2D eigenvalue weighted by Gasteiger charge is 2.03. The molecule has 6 heteroatoms. The van der Waals surface area contributed by atoms with Crippen LogP contribution in [0.15, 0.2) is 67.1 Å². The number of amides is 2. The molecule has 0 unspecified atom stereocenters. The zero-order valence-electron chi connectivity index (χ0n) is 13.4. The Morgan fingerprint density at radius 2 is 1.75 bits per heavy atom. The van der Waals surface area contributed by atoms with Gasteiger partial charge in [0.15, 0.2) is 0 Å². The Morgan fingerprint density at radius 1 is 0.958 bits per heavy atom. The number of hydrogen-bond acceptors (Lipinski definition) is 2. The Balaban J connectivity index is 1.39. The van der Waals surface area contributed by atoms with E-state index in [-0.39, 0.29) is 6.03 Å². The van der Waals surface area contributed by atoms with E-state index >= 15 is 0 Å². The van der Waals surface area contributed by atoms with Crippen molar-refractivity contribution in [2.45, 2.75) is 19.6 Å². The summed E-state index contributed by atoms with van der Waals surface area (Å²) in [6.45, 7) is 2.48. The van der Waals surface area contributed by atoms with Crippen LogP contribution in [0.25, 0.3) is 0 Å². The van der Waals surface area contributed by atoms with E-state index in [0.29, 0.717) is 13.1 Å². The molecule has 3 rings (SSSR count). The lowest BCUT2D eigenvalue weighted by Gasteiger charge is -2.07. The van der Waals surface area contributed by atoms with Gasteiger partial charge in [-0.2, -0.15) is 5.10 Å². The molecule has 0 aliphatic carbocycles. The second kappa shape index (κ2) is 8.01. The molecule has 6 nitrogen and oxygen atoms in total. The molecule has 3 aromatic rings. The van der Waals surface area contributed by atoms with Crippen LogP contribution in [0.3, 0.4) is 0 Å². The summed E-state index contributed by atoms with van der Waals surface area (Å²) in [6, 6.07) is 15.8. The molecule has 0 saturated heterocycles. The molecule has 0 bridgehead atoms. The minimum atomic E-state index is -0.181. The van der Waals surface area contributed by atoms with Crippen molar-refractivity contribution in [3.05, 3.63) is 78.4 Å². The van der Waals surface area contributed by atoms with E-state index in [2.05, 4.69) is 27.9 Å². The molecule has 0 atom stereocenters. The van der Waals surface area contributed by atoms with E-state index in [9.17, 15) is 4.79 Å². The van der Waals surface area contributed by atoms with Crippen molar-refractivity contribution in [1.82, 2.24) is 25.0 Å². The van der Waals surface area contributed by atoms with Crippen LogP contribution in [0.5, 0.6) is 0 Å². The summed E-state index contributed by atoms with van der Waals surface area (Å²) in [4.78, 5) is 11.8. The van der Waals surface area contributed by atoms with Crippen LogP contribution in [0.2, 0.25) is 0 Å². The number of aromatic nitrogens is 3. The fraction of sp³-hybridized carbons (Fsp3) is 0.222. The number of hydrogen-bond donors (Lipinski definition) is 2. The Bertz CT molecular complexity index is 749. The number of carbonyl (C=O) groups is 1. The van der Waals surface area contributed by atoms with E-state index in [1.165, 1.54) is 5.56 Å². The average molecular weight is 323 g/mol. The first-order chi connectivity index (χ1) is 11.8. The summed E-state index contributed by atoms with van der Waals surface area (Å²) in [6.07, 6.45) is 5.87. The van der Waals surface area contributed by atoms with E-state index in [1.54, 1.807) is 0 Å². The van der Waals surface area contributed by atoms with Crippen LogP contribution in [0, 0.1) is 0 Å². The largest absolute Gasteiger partial charge is 0.353 e. The van der Waals surface area contributed by atoms with E-state index in [1.807, 2.05) is 64.2 Å². The summed E-state index contributed by atoms with van der Waals surface area (Å²) >= 11 is 0. The predicted molar refractivity (Wildman–Crippen MR) is 92.4 cm³/mol. The third kappa shape index (κ3) is 4.74. The maximum Gasteiger partial charge on any atom is 0.315 e. The number of carbonyl (C=O) groups excluding carboxylic acids is 1. The van der Waals surface area contributed by atoms with Gasteiger partial charge in [0.2, 0.25) is 0 Å². The van der Waals surface area contributed by atoms with Crippen LogP contribution in [0.4, 0.5) is 4.79 Å². The lowest BCUT2D eigenvalue weighted by molar-refractivity contribution is 0.240. The molecular formula is C18H21N5O. The van der Waals surface area contributed by atoms with Gasteiger partial charge >= 0.3 is 6.03 Å². The molecule has 0 aliphatic heterocycles. The topological polar surface area (TPSA) is 63.9 Å². The summed E-state index contributed by atoms with van der Waals surface area (Å²) in [5.74, 6) is 0. The van der Waals surface area contributed by atoms with E-state index in [0.717, 1.165) is 18.8 Å². The first-order valence-electron chi connectivity index (χ1n) is 7.98. The van der Waals surface area contributed by atoms with Gasteiger partial charge in [-0.1, -0.05) is 30.3 Å². The lowest BCUT2D eigenvalue weighted by atomic mass is 10.2. The number of urea groups is 1. The second-order valence-corrected chi connectivity index (χ2v) is 5.52. The third-order valence-corrected chi connectivity index (χ3v) is 3.64. The van der Waals surface area contributed by atoms with Crippen LogP contribution >= 0.6 is 0 Å². The first kappa shape index (κ1) is 15.9. The number of rotatable bonds is 7. The molecule has 0 spiro atoms. The molecule has 2 N–H and O–H groups in total. The van der Waals surface area contributed by atoms with Crippen LogP contribution in [0.1, 0.15) is 11.3 Å². The molecule has 124 valence electrons. The van der Waals surface area contributed by atoms with Crippen LogP contribution in [-0.4, -0.2) is 26.9 Å². The smallest absolute Gasteiger partial charge is 0.315 e. The minimum absolute atomic E-state index is 0.181. The summed E-state index contributed by atoms with van der Waals surface area (Å²) in [5, 5.41) is 10.1. The highest BCUT2D eigenvalue weighted by atomic mass is 16.2. The first-order valence-corrected chi connectivity index (χ1v) is 7.98. The van der Waals surface area contributed by atoms with Crippen molar-refractivity contribution in [2.75, 3.05) is 6.54 Å². The summed E-state index contributed by atoms with van der Waals surface area (Å²) in [7, 11) is 0. The molecule has 2 aromatic heterocycles. The SMILES string of the molecule is O=C(NCCn1cccc1)NCc1ccn(Cc2ccccc2)n1. The number of nitrogens with one attached hydrogen (secondary N) is 2. The van der Waals surface area contributed by atoms with Crippen LogP contribution < -0.4 is 10.6 Å². The highest BCUT2D eigenvalue weighted by molar-refractivity contribution is 5.73. The molecule has 1 aromatic carbocycles. The third-order valence-electron chi connectivity index (χ3n) is 3.64. The van der Waals surface area contributed by atoms with Crippen molar-refractivity contribution in [3.63, 3.8) is 0 Å². The Morgan fingerprint density at radius 3 is 2.54 bits per heavy atom. The molecule has 0 aliphatic rings. The Hall–Kier alpha value is -3.02. The molecular weight excluding hydrogens is 302 g/mol. The normalized spacial score (nSPS) is 10.5. The van der Waals surface area contributed by atoms with Gasteiger partial charge in [-0.3, -0.25) is 4.68 Å². The van der Waals surface area contributed by atoms with Gasteiger partial charge in [-0.25, -0.2) is 4.79 Å². The maximum atomic E-state index is 11.8. The quantitative estimate of drug-likeness (QED) is 0.700. The van der Waals surface area contributed by atoms with Crippen LogP contribution in [-0.2, 0) is 19.6 Å². The molecule has 24 heavy (non-hydrogen) atoms. The predicted octanol–water partition coefficient (Wildman–Crippen LogP) is 2.23. The highest BCUT2D eigenvalue weighted by Crippen LogP contribution is 2.03. The molecule has 0 radical (unpaired) electrons. The molecule has 2 amide bonds. The average Bonchev–Trinajstić information content (AvgIpc) is 3.26. The molecule has 0 saturated carbocycles. The molecule has 0 fully saturated rings. The number of nitrogens with zero attached hydrogens (tertiary/aromatic N) is 3. The van der Waals surface area contributed by atoms with E-state index in [4.69, 9.17) is 0 Å². The van der Waals surface area contributed by atoms with Gasteiger partial charge in [0, 0.05) is 31.7 Å². The lowest BCUT2D eigenvalue weighted by Crippen LogP contribution is -2.36. The zero-order valence-corrected chi connectivity index (χ0v) is 13.4. The maximum absolute atomic E-state index is 11.8. The van der Waals surface area contributed by atoms with Crippen molar-refractivity contribution in [3.8, 4) is 0 Å². The van der Waals surface area contributed by atoms with Gasteiger partial charge in [-0.15, -0.1) is 0 Å². The van der Waals surface area contributed by atoms with Crippen molar-refractivity contribution >= 4 is 6.03 Å². The Kier molecular flexibility index (Phi) is 5.29. The van der Waals surface area contributed by atoms with Crippen molar-refractivity contribution in [1.29, 1.82) is 0 Å². The fourth-order valence-electron chi connectivity index (χ4n) is 2.41. The van der Waals surface area contributed by atoms with Gasteiger partial charge in [0.05, 0.1) is 18.8 Å². The van der Waals surface area contributed by atoms with Crippen molar-refractivity contribution in [2.24, 2.45) is 0 Å². The van der Waals surface area contributed by atoms with E-state index < -0.39 is 0 Å². The monoisotopic (exact) mass is 323 g/mol. The van der Waals surface area contributed by atoms with Gasteiger partial charge in [0.25, 0.3) is 0 Å². The van der Waals surface area contributed by atoms with Gasteiger partial charge in [-0.05, 0) is 23.8 Å². The number of benzene rings is 1. The minimum Gasteiger partial charge on any atom is -0.353 e. The fourth-order valence-corrected chi connectivity index (χ4v) is 2.41. The second-order valence-electron chi connectivity index (χ2n) is 5.52.